The number of nitro groups is 1. The highest BCUT2D eigenvalue weighted by atomic mass is 16.6. The highest BCUT2D eigenvalue weighted by molar-refractivity contribution is 5.95. The summed E-state index contributed by atoms with van der Waals surface area (Å²) in [5.41, 5.74) is 2.30. The summed E-state index contributed by atoms with van der Waals surface area (Å²) in [5.74, 6) is 4.85. The van der Waals surface area contributed by atoms with E-state index in [2.05, 4.69) is 10.7 Å². The second-order valence-electron chi connectivity index (χ2n) is 5.69. The number of rotatable bonds is 4. The summed E-state index contributed by atoms with van der Waals surface area (Å²) < 4.78 is 0. The summed E-state index contributed by atoms with van der Waals surface area (Å²) in [7, 11) is 0. The van der Waals surface area contributed by atoms with Gasteiger partial charge >= 0.3 is 0 Å². The summed E-state index contributed by atoms with van der Waals surface area (Å²) >= 11 is 0. The number of nitrogens with two attached hydrogens (primary N) is 1. The minimum atomic E-state index is -0.584. The lowest BCUT2D eigenvalue weighted by molar-refractivity contribution is -0.384. The molecule has 0 aliphatic carbocycles. The van der Waals surface area contributed by atoms with Gasteiger partial charge in [0.2, 0.25) is 0 Å². The lowest BCUT2D eigenvalue weighted by Crippen LogP contribution is -2.41. The molecule has 7 nitrogen and oxygen atoms in total. The zero-order chi connectivity index (χ0) is 15.5. The van der Waals surface area contributed by atoms with Crippen LogP contribution in [0.25, 0.3) is 0 Å². The van der Waals surface area contributed by atoms with E-state index in [0.717, 1.165) is 0 Å². The maximum Gasteiger partial charge on any atom is 0.294 e. The van der Waals surface area contributed by atoms with Crippen LogP contribution in [0.4, 0.5) is 11.4 Å². The standard InChI is InChI=1S/C13H20N4O3/c1-8(13(2,3)4)15-12(18)9-5-6-10(16-14)11(7-9)17(19)20/h5-8,16H,14H2,1-4H3,(H,15,18). The first kappa shape index (κ1) is 15.9. The Hall–Kier alpha value is -2.15. The number of anilines is 1. The average molecular weight is 280 g/mol. The molecule has 7 heteroatoms. The fourth-order valence-electron chi connectivity index (χ4n) is 1.44. The van der Waals surface area contributed by atoms with Crippen LogP contribution in [0.15, 0.2) is 18.2 Å². The van der Waals surface area contributed by atoms with Crippen LogP contribution in [0.1, 0.15) is 38.1 Å². The van der Waals surface area contributed by atoms with Gasteiger partial charge in [0.25, 0.3) is 11.6 Å². The summed E-state index contributed by atoms with van der Waals surface area (Å²) in [6.07, 6.45) is 0. The van der Waals surface area contributed by atoms with E-state index in [1.165, 1.54) is 18.2 Å². The zero-order valence-electron chi connectivity index (χ0n) is 12.1. The molecule has 1 aromatic carbocycles. The third-order valence-electron chi connectivity index (χ3n) is 3.26. The third-order valence-corrected chi connectivity index (χ3v) is 3.26. The van der Waals surface area contributed by atoms with Gasteiger partial charge in [-0.1, -0.05) is 20.8 Å². The Kier molecular flexibility index (Phi) is 4.67. The molecule has 0 aliphatic rings. The molecule has 1 atom stereocenters. The number of hydrogen-bond acceptors (Lipinski definition) is 5. The topological polar surface area (TPSA) is 110 Å². The van der Waals surface area contributed by atoms with E-state index in [4.69, 9.17) is 5.84 Å². The Bertz CT molecular complexity index is 523. The number of hydrogen-bond donors (Lipinski definition) is 3. The average Bonchev–Trinajstić information content (AvgIpc) is 2.36. The molecule has 20 heavy (non-hydrogen) atoms. The maximum absolute atomic E-state index is 12.1. The van der Waals surface area contributed by atoms with E-state index < -0.39 is 4.92 Å². The number of nitrogens with zero attached hydrogens (tertiary/aromatic N) is 1. The van der Waals surface area contributed by atoms with E-state index in [1.54, 1.807) is 0 Å². The van der Waals surface area contributed by atoms with Gasteiger partial charge in [-0.25, -0.2) is 0 Å². The first-order valence-corrected chi connectivity index (χ1v) is 6.22. The number of nitrogens with one attached hydrogen (secondary N) is 2. The van der Waals surface area contributed by atoms with Crippen molar-refractivity contribution in [2.24, 2.45) is 11.3 Å². The fraction of sp³-hybridized carbons (Fsp3) is 0.462. The predicted molar refractivity (Wildman–Crippen MR) is 77.3 cm³/mol. The Morgan fingerprint density at radius 1 is 1.40 bits per heavy atom. The minimum absolute atomic E-state index is 0.0682. The van der Waals surface area contributed by atoms with E-state index in [1.807, 2.05) is 27.7 Å². The van der Waals surface area contributed by atoms with Gasteiger partial charge in [0, 0.05) is 17.7 Å². The van der Waals surface area contributed by atoms with Crippen molar-refractivity contribution < 1.29 is 9.72 Å². The van der Waals surface area contributed by atoms with Crippen LogP contribution in [-0.4, -0.2) is 16.9 Å². The van der Waals surface area contributed by atoms with Crippen LogP contribution in [-0.2, 0) is 0 Å². The van der Waals surface area contributed by atoms with Crippen LogP contribution in [0.2, 0.25) is 0 Å². The van der Waals surface area contributed by atoms with Gasteiger partial charge in [0.15, 0.2) is 0 Å². The second kappa shape index (κ2) is 5.87. The zero-order valence-corrected chi connectivity index (χ0v) is 12.1. The number of benzene rings is 1. The van der Waals surface area contributed by atoms with Crippen LogP contribution in [0.5, 0.6) is 0 Å². The van der Waals surface area contributed by atoms with E-state index in [-0.39, 0.29) is 34.3 Å². The molecule has 0 aromatic heterocycles. The SMILES string of the molecule is CC(NC(=O)c1ccc(NN)c([N+](=O)[O-])c1)C(C)(C)C. The van der Waals surface area contributed by atoms with Gasteiger partial charge in [0.05, 0.1) is 4.92 Å². The molecule has 0 spiro atoms. The molecule has 0 heterocycles. The summed E-state index contributed by atoms with van der Waals surface area (Å²) in [5, 5.41) is 13.7. The Morgan fingerprint density at radius 2 is 2.00 bits per heavy atom. The van der Waals surface area contributed by atoms with Gasteiger partial charge in [-0.05, 0) is 24.5 Å². The lowest BCUT2D eigenvalue weighted by atomic mass is 9.88. The largest absolute Gasteiger partial charge is 0.349 e. The molecule has 0 bridgehead atoms. The molecule has 110 valence electrons. The molecule has 1 unspecified atom stereocenters. The van der Waals surface area contributed by atoms with E-state index in [9.17, 15) is 14.9 Å². The number of hydrazine groups is 1. The van der Waals surface area contributed by atoms with E-state index in [0.29, 0.717) is 0 Å². The first-order chi connectivity index (χ1) is 9.16. The first-order valence-electron chi connectivity index (χ1n) is 6.22. The number of carbonyl (C=O) groups is 1. The number of nitrogen functional groups attached to an aromatic ring is 1. The Labute approximate surface area is 117 Å². The van der Waals surface area contributed by atoms with Gasteiger partial charge in [-0.15, -0.1) is 0 Å². The normalized spacial score (nSPS) is 12.7. The molecular weight excluding hydrogens is 260 g/mol. The minimum Gasteiger partial charge on any atom is -0.349 e. The number of nitro benzene ring substituents is 1. The maximum atomic E-state index is 12.1. The van der Waals surface area contributed by atoms with Crippen molar-refractivity contribution in [3.63, 3.8) is 0 Å². The van der Waals surface area contributed by atoms with Crippen LogP contribution in [0, 0.1) is 15.5 Å². The molecule has 0 aliphatic heterocycles. The van der Waals surface area contributed by atoms with Gasteiger partial charge < -0.3 is 10.7 Å². The van der Waals surface area contributed by atoms with Gasteiger partial charge in [-0.2, -0.15) is 0 Å². The summed E-state index contributed by atoms with van der Waals surface area (Å²) in [6, 6.07) is 4.04. The van der Waals surface area contributed by atoms with Crippen molar-refractivity contribution in [3.8, 4) is 0 Å². The molecule has 0 radical (unpaired) electrons. The molecule has 4 N–H and O–H groups in total. The molecule has 1 aromatic rings. The molecule has 0 saturated heterocycles. The highest BCUT2D eigenvalue weighted by Crippen LogP contribution is 2.25. The van der Waals surface area contributed by atoms with Crippen molar-refractivity contribution in [1.82, 2.24) is 5.32 Å². The highest BCUT2D eigenvalue weighted by Gasteiger charge is 2.23. The lowest BCUT2D eigenvalue weighted by Gasteiger charge is -2.28. The van der Waals surface area contributed by atoms with Crippen molar-refractivity contribution in [2.75, 3.05) is 5.43 Å². The van der Waals surface area contributed by atoms with Gasteiger partial charge in [-0.3, -0.25) is 20.8 Å². The number of carbonyl (C=O) groups excluding carboxylic acids is 1. The van der Waals surface area contributed by atoms with Crippen molar-refractivity contribution in [2.45, 2.75) is 33.7 Å². The predicted octanol–water partition coefficient (Wildman–Crippen LogP) is 2.04. The molecule has 1 amide bonds. The smallest absolute Gasteiger partial charge is 0.294 e. The summed E-state index contributed by atoms with van der Waals surface area (Å²) in [6.45, 7) is 7.90. The fourth-order valence-corrected chi connectivity index (χ4v) is 1.44. The van der Waals surface area contributed by atoms with Crippen LogP contribution >= 0.6 is 0 Å². The quantitative estimate of drug-likeness (QED) is 0.444. The monoisotopic (exact) mass is 280 g/mol. The van der Waals surface area contributed by atoms with Gasteiger partial charge in [0.1, 0.15) is 5.69 Å². The molecule has 0 fully saturated rings. The Balaban J connectivity index is 3.00. The number of amides is 1. The molecule has 0 saturated carbocycles. The molecule has 1 rings (SSSR count). The van der Waals surface area contributed by atoms with Crippen molar-refractivity contribution >= 4 is 17.3 Å². The Morgan fingerprint density at radius 3 is 2.45 bits per heavy atom. The second-order valence-corrected chi connectivity index (χ2v) is 5.69. The van der Waals surface area contributed by atoms with Crippen molar-refractivity contribution in [3.05, 3.63) is 33.9 Å². The van der Waals surface area contributed by atoms with E-state index >= 15 is 0 Å². The molecular formula is C13H20N4O3. The van der Waals surface area contributed by atoms with Crippen LogP contribution < -0.4 is 16.6 Å². The van der Waals surface area contributed by atoms with Crippen molar-refractivity contribution in [1.29, 1.82) is 0 Å². The third kappa shape index (κ3) is 3.67. The van der Waals surface area contributed by atoms with Crippen LogP contribution in [0.3, 0.4) is 0 Å². The summed E-state index contributed by atoms with van der Waals surface area (Å²) in [4.78, 5) is 22.4.